The summed E-state index contributed by atoms with van der Waals surface area (Å²) in [7, 11) is 0. The molecule has 13 heteroatoms. The van der Waals surface area contributed by atoms with E-state index in [1.807, 2.05) is 0 Å². The predicted molar refractivity (Wildman–Crippen MR) is 179 cm³/mol. The Bertz CT molecular complexity index is 1000. The SMILES string of the molecule is C=C(CC(N)C(=O)O)CC(C(=O)O)N(C(=O)CCCCCCCCCCCCCCCCC)C(=O)CC[C@@H](NC(=O)[C@H](C)N)C(=O)O. The Kier molecular flexibility index (Phi) is 23.9. The smallest absolute Gasteiger partial charge is 0.327 e. The van der Waals surface area contributed by atoms with Gasteiger partial charge in [-0.3, -0.25) is 24.1 Å². The Balaban J connectivity index is 5.14. The number of carbonyl (C=O) groups excluding carboxylic acids is 3. The first-order valence-electron chi connectivity index (χ1n) is 17.2. The first-order valence-corrected chi connectivity index (χ1v) is 17.2. The van der Waals surface area contributed by atoms with Gasteiger partial charge in [0.1, 0.15) is 18.1 Å². The summed E-state index contributed by atoms with van der Waals surface area (Å²) in [5.74, 6) is -6.66. The van der Waals surface area contributed by atoms with Gasteiger partial charge >= 0.3 is 17.9 Å². The fourth-order valence-electron chi connectivity index (χ4n) is 5.25. The molecule has 0 aliphatic rings. The third kappa shape index (κ3) is 20.5. The van der Waals surface area contributed by atoms with Crippen LogP contribution in [0.1, 0.15) is 142 Å². The second kappa shape index (κ2) is 25.7. The van der Waals surface area contributed by atoms with E-state index < -0.39 is 79.1 Å². The molecule has 0 aliphatic carbocycles. The number of nitrogens with two attached hydrogens (primary N) is 2. The van der Waals surface area contributed by atoms with Crippen molar-refractivity contribution >= 4 is 35.6 Å². The number of aliphatic carboxylic acids is 3. The molecule has 0 spiro atoms. The number of unbranched alkanes of at least 4 members (excludes halogenated alkanes) is 14. The van der Waals surface area contributed by atoms with Crippen LogP contribution in [0.25, 0.3) is 0 Å². The molecule has 0 radical (unpaired) electrons. The van der Waals surface area contributed by atoms with Crippen molar-refractivity contribution in [3.8, 4) is 0 Å². The minimum atomic E-state index is -1.69. The fourth-order valence-corrected chi connectivity index (χ4v) is 5.25. The number of imide groups is 1. The summed E-state index contributed by atoms with van der Waals surface area (Å²) < 4.78 is 0. The molecule has 3 amide bonds. The van der Waals surface area contributed by atoms with Crippen LogP contribution in [-0.2, 0) is 28.8 Å². The molecule has 0 aromatic rings. The molecule has 2 unspecified atom stereocenters. The monoisotopic (exact) mass is 668 g/mol. The Morgan fingerprint density at radius 2 is 1.11 bits per heavy atom. The van der Waals surface area contributed by atoms with Crippen LogP contribution in [-0.4, -0.2) is 80.0 Å². The molecular formula is C34H60N4O9. The predicted octanol–water partition coefficient (Wildman–Crippen LogP) is 4.50. The topological polar surface area (TPSA) is 230 Å². The van der Waals surface area contributed by atoms with E-state index in [0.29, 0.717) is 17.7 Å². The van der Waals surface area contributed by atoms with Gasteiger partial charge < -0.3 is 32.1 Å². The van der Waals surface area contributed by atoms with E-state index in [4.69, 9.17) is 16.6 Å². The van der Waals surface area contributed by atoms with Gasteiger partial charge in [0.2, 0.25) is 17.7 Å². The lowest BCUT2D eigenvalue weighted by Crippen LogP contribution is -2.50. The molecule has 0 aliphatic heterocycles. The first-order chi connectivity index (χ1) is 22.2. The number of hydrogen-bond acceptors (Lipinski definition) is 8. The van der Waals surface area contributed by atoms with Gasteiger partial charge in [-0.2, -0.15) is 0 Å². The lowest BCUT2D eigenvalue weighted by atomic mass is 9.98. The highest BCUT2D eigenvalue weighted by atomic mass is 16.4. The average molecular weight is 669 g/mol. The lowest BCUT2D eigenvalue weighted by molar-refractivity contribution is -0.158. The molecule has 8 N–H and O–H groups in total. The molecule has 270 valence electrons. The van der Waals surface area contributed by atoms with Crippen LogP contribution in [0, 0.1) is 0 Å². The molecule has 0 aromatic carbocycles. The van der Waals surface area contributed by atoms with Gasteiger partial charge in [0.25, 0.3) is 0 Å². The summed E-state index contributed by atoms with van der Waals surface area (Å²) in [6.45, 7) is 7.28. The number of hydrogen-bond donors (Lipinski definition) is 6. The minimum absolute atomic E-state index is 0.0985. The zero-order valence-electron chi connectivity index (χ0n) is 28.6. The van der Waals surface area contributed by atoms with Crippen molar-refractivity contribution in [2.45, 2.75) is 166 Å². The maximum atomic E-state index is 13.3. The first kappa shape index (κ1) is 43.7. The van der Waals surface area contributed by atoms with Gasteiger partial charge in [-0.25, -0.2) is 9.59 Å². The van der Waals surface area contributed by atoms with E-state index in [-0.39, 0.29) is 18.4 Å². The van der Waals surface area contributed by atoms with Crippen LogP contribution < -0.4 is 16.8 Å². The molecular weight excluding hydrogens is 608 g/mol. The fraction of sp³-hybridized carbons (Fsp3) is 0.765. The zero-order valence-corrected chi connectivity index (χ0v) is 28.6. The molecule has 13 nitrogen and oxygen atoms in total. The van der Waals surface area contributed by atoms with Crippen LogP contribution in [0.15, 0.2) is 12.2 Å². The molecule has 0 saturated heterocycles. The molecule has 0 bridgehead atoms. The summed E-state index contributed by atoms with van der Waals surface area (Å²) in [6.07, 6.45) is 15.2. The van der Waals surface area contributed by atoms with Gasteiger partial charge in [0.05, 0.1) is 6.04 Å². The van der Waals surface area contributed by atoms with Crippen molar-refractivity contribution in [3.05, 3.63) is 12.2 Å². The molecule has 0 rings (SSSR count). The van der Waals surface area contributed by atoms with E-state index in [9.17, 15) is 39.0 Å². The third-order valence-electron chi connectivity index (χ3n) is 8.11. The van der Waals surface area contributed by atoms with E-state index in [0.717, 1.165) is 25.7 Å². The zero-order chi connectivity index (χ0) is 35.8. The molecule has 0 fully saturated rings. The third-order valence-corrected chi connectivity index (χ3v) is 8.11. The van der Waals surface area contributed by atoms with E-state index >= 15 is 0 Å². The molecule has 4 atom stereocenters. The normalized spacial score (nSPS) is 13.6. The average Bonchev–Trinajstić information content (AvgIpc) is 3.00. The number of nitrogens with one attached hydrogen (secondary N) is 1. The van der Waals surface area contributed by atoms with Gasteiger partial charge in [-0.1, -0.05) is 109 Å². The lowest BCUT2D eigenvalue weighted by Gasteiger charge is -2.29. The van der Waals surface area contributed by atoms with E-state index in [1.54, 1.807) is 0 Å². The largest absolute Gasteiger partial charge is 0.480 e. The highest BCUT2D eigenvalue weighted by Gasteiger charge is 2.36. The molecule has 0 heterocycles. The van der Waals surface area contributed by atoms with Gasteiger partial charge in [-0.05, 0) is 32.6 Å². The number of carbonyl (C=O) groups is 6. The van der Waals surface area contributed by atoms with E-state index in [1.165, 1.54) is 64.7 Å². The summed E-state index contributed by atoms with van der Waals surface area (Å²) in [5, 5.41) is 30.8. The standard InChI is InChI=1S/C34H60N4O9/c1-4-5-6-7-8-9-10-11-12-13-14-15-16-17-18-19-29(39)38(28(34(46)47)23-24(2)22-26(36)32(42)43)30(40)21-20-27(33(44)45)37-31(41)25(3)35/h25-28H,2,4-23,35-36H2,1,3H3,(H,37,41)(H,42,43)(H,44,45)(H,46,47)/t25-,26?,27+,28?/m0/s1. The minimum Gasteiger partial charge on any atom is -0.480 e. The highest BCUT2D eigenvalue weighted by molar-refractivity contribution is 5.99. The van der Waals surface area contributed by atoms with Gasteiger partial charge in [0, 0.05) is 12.8 Å². The number of carboxylic acids is 3. The van der Waals surface area contributed by atoms with Crippen molar-refractivity contribution < 1.29 is 44.1 Å². The second-order valence-corrected chi connectivity index (χ2v) is 12.5. The maximum absolute atomic E-state index is 13.3. The van der Waals surface area contributed by atoms with Crippen LogP contribution in [0.5, 0.6) is 0 Å². The molecule has 0 aromatic heterocycles. The quantitative estimate of drug-likeness (QED) is 0.0480. The molecule has 47 heavy (non-hydrogen) atoms. The summed E-state index contributed by atoms with van der Waals surface area (Å²) in [6, 6.07) is -5.53. The number of nitrogens with zero attached hydrogens (tertiary/aromatic N) is 1. The second-order valence-electron chi connectivity index (χ2n) is 12.5. The maximum Gasteiger partial charge on any atom is 0.327 e. The van der Waals surface area contributed by atoms with Crippen molar-refractivity contribution in [3.63, 3.8) is 0 Å². The summed E-state index contributed by atoms with van der Waals surface area (Å²) in [5.41, 5.74) is 11.2. The van der Waals surface area contributed by atoms with Crippen molar-refractivity contribution in [1.82, 2.24) is 10.2 Å². The van der Waals surface area contributed by atoms with Crippen LogP contribution in [0.2, 0.25) is 0 Å². The van der Waals surface area contributed by atoms with Crippen molar-refractivity contribution in [2.24, 2.45) is 11.5 Å². The van der Waals surface area contributed by atoms with Gasteiger partial charge in [0.15, 0.2) is 0 Å². The Morgan fingerprint density at radius 1 is 0.660 bits per heavy atom. The van der Waals surface area contributed by atoms with Gasteiger partial charge in [-0.15, -0.1) is 0 Å². The summed E-state index contributed by atoms with van der Waals surface area (Å²) >= 11 is 0. The van der Waals surface area contributed by atoms with Crippen LogP contribution in [0.4, 0.5) is 0 Å². The highest BCUT2D eigenvalue weighted by Crippen LogP contribution is 2.20. The Hall–Kier alpha value is -3.32. The number of rotatable bonds is 29. The van der Waals surface area contributed by atoms with Crippen LogP contribution in [0.3, 0.4) is 0 Å². The Morgan fingerprint density at radius 3 is 1.51 bits per heavy atom. The van der Waals surface area contributed by atoms with E-state index in [2.05, 4.69) is 18.8 Å². The van der Waals surface area contributed by atoms with Crippen LogP contribution >= 0.6 is 0 Å². The number of carboxylic acid groups (broad SMARTS) is 3. The van der Waals surface area contributed by atoms with Crippen molar-refractivity contribution in [1.29, 1.82) is 0 Å². The summed E-state index contributed by atoms with van der Waals surface area (Å²) in [4.78, 5) is 74.3. The molecule has 0 saturated carbocycles. The number of amides is 3. The Labute approximate surface area is 279 Å². The van der Waals surface area contributed by atoms with Crippen molar-refractivity contribution in [2.75, 3.05) is 0 Å².